The zero-order valence-electron chi connectivity index (χ0n) is 30.7. The van der Waals surface area contributed by atoms with Gasteiger partial charge in [-0.1, -0.05) is 133 Å². The largest absolute Gasteiger partial charge is 0.454 e. The summed E-state index contributed by atoms with van der Waals surface area (Å²) >= 11 is 0. The van der Waals surface area contributed by atoms with Crippen molar-refractivity contribution in [2.45, 2.75) is 6.17 Å². The summed E-state index contributed by atoms with van der Waals surface area (Å²) in [6, 6.07) is 66.1. The lowest BCUT2D eigenvalue weighted by atomic mass is 10.1. The van der Waals surface area contributed by atoms with Crippen LogP contribution in [0.5, 0.6) is 0 Å². The molecule has 4 heterocycles. The van der Waals surface area contributed by atoms with Crippen molar-refractivity contribution in [3.8, 4) is 11.4 Å². The molecule has 11 aromatic rings. The second-order valence-corrected chi connectivity index (χ2v) is 14.6. The molecule has 0 aliphatic carbocycles. The number of para-hydroxylation sites is 4. The van der Waals surface area contributed by atoms with Gasteiger partial charge in [-0.15, -0.1) is 0 Å². The Hall–Kier alpha value is -7.70. The van der Waals surface area contributed by atoms with E-state index in [4.69, 9.17) is 14.4 Å². The van der Waals surface area contributed by atoms with E-state index in [0.717, 1.165) is 66.9 Å². The predicted molar refractivity (Wildman–Crippen MR) is 234 cm³/mol. The van der Waals surface area contributed by atoms with Crippen molar-refractivity contribution in [3.05, 3.63) is 205 Å². The van der Waals surface area contributed by atoms with Gasteiger partial charge in [0, 0.05) is 49.1 Å². The first-order valence-electron chi connectivity index (χ1n) is 19.3. The Morgan fingerprint density at radius 2 is 1.07 bits per heavy atom. The minimum atomic E-state index is -0.282. The van der Waals surface area contributed by atoms with Crippen LogP contribution in [0.2, 0.25) is 0 Å². The first-order chi connectivity index (χ1) is 28.3. The molecule has 0 bridgehead atoms. The minimum absolute atomic E-state index is 0.282. The zero-order chi connectivity index (χ0) is 37.5. The lowest BCUT2D eigenvalue weighted by Gasteiger charge is -2.23. The Labute approximate surface area is 327 Å². The van der Waals surface area contributed by atoms with E-state index in [1.165, 1.54) is 32.6 Å². The van der Waals surface area contributed by atoms with E-state index >= 15 is 0 Å². The van der Waals surface area contributed by atoms with Crippen LogP contribution in [-0.2, 0) is 0 Å². The van der Waals surface area contributed by atoms with Gasteiger partial charge in [0.05, 0.1) is 27.8 Å². The first-order valence-corrected chi connectivity index (χ1v) is 19.3. The molecule has 3 aromatic heterocycles. The van der Waals surface area contributed by atoms with Gasteiger partial charge in [0.15, 0.2) is 11.4 Å². The summed E-state index contributed by atoms with van der Waals surface area (Å²) in [5, 5.41) is 10.5. The number of hydrogen-bond acceptors (Lipinski definition) is 4. The van der Waals surface area contributed by atoms with Gasteiger partial charge in [0.1, 0.15) is 17.6 Å². The Balaban J connectivity index is 1.05. The van der Waals surface area contributed by atoms with E-state index < -0.39 is 0 Å². The molecule has 0 saturated heterocycles. The molecule has 8 aromatic carbocycles. The molecule has 0 amide bonds. The van der Waals surface area contributed by atoms with Crippen LogP contribution in [0, 0.1) is 0 Å². The third kappa shape index (κ3) is 4.90. The smallest absolute Gasteiger partial charge is 0.159 e. The van der Waals surface area contributed by atoms with Crippen molar-refractivity contribution >= 4 is 77.2 Å². The molecule has 0 spiro atoms. The van der Waals surface area contributed by atoms with Gasteiger partial charge in [-0.25, -0.2) is 9.98 Å². The lowest BCUT2D eigenvalue weighted by molar-refractivity contribution is 0.664. The average molecular weight is 732 g/mol. The zero-order valence-corrected chi connectivity index (χ0v) is 30.7. The number of benzene rings is 8. The number of nitrogens with zero attached hydrogens (tertiary/aromatic N) is 4. The molecule has 1 N–H and O–H groups in total. The predicted octanol–water partition coefficient (Wildman–Crippen LogP) is 12.3. The molecule has 57 heavy (non-hydrogen) atoms. The van der Waals surface area contributed by atoms with Crippen molar-refractivity contribution in [2.24, 2.45) is 9.98 Å². The highest BCUT2D eigenvalue weighted by atomic mass is 16.3. The number of furan rings is 1. The molecular weight excluding hydrogens is 699 g/mol. The number of rotatable bonds is 5. The highest BCUT2D eigenvalue weighted by Gasteiger charge is 2.24. The minimum Gasteiger partial charge on any atom is -0.454 e. The average Bonchev–Trinajstić information content (AvgIpc) is 3.93. The molecule has 268 valence electrons. The molecule has 0 saturated carbocycles. The van der Waals surface area contributed by atoms with Crippen LogP contribution in [0.3, 0.4) is 0 Å². The summed E-state index contributed by atoms with van der Waals surface area (Å²) in [5.41, 5.74) is 11.4. The molecule has 6 heteroatoms. The van der Waals surface area contributed by atoms with Gasteiger partial charge in [-0.05, 0) is 60.2 Å². The van der Waals surface area contributed by atoms with Crippen LogP contribution < -0.4 is 5.32 Å². The molecule has 0 fully saturated rings. The highest BCUT2D eigenvalue weighted by molar-refractivity contribution is 6.20. The normalized spacial score (nSPS) is 14.5. The maximum absolute atomic E-state index is 6.94. The third-order valence-electron chi connectivity index (χ3n) is 11.4. The summed E-state index contributed by atoms with van der Waals surface area (Å²) < 4.78 is 11.7. The van der Waals surface area contributed by atoms with Crippen molar-refractivity contribution in [1.82, 2.24) is 14.5 Å². The van der Waals surface area contributed by atoms with Crippen molar-refractivity contribution in [2.75, 3.05) is 0 Å². The summed E-state index contributed by atoms with van der Waals surface area (Å²) in [5.74, 6) is 1.44. The molecule has 1 atom stereocenters. The van der Waals surface area contributed by atoms with Gasteiger partial charge in [0.2, 0.25) is 0 Å². The van der Waals surface area contributed by atoms with Crippen LogP contribution >= 0.6 is 0 Å². The molecule has 12 rings (SSSR count). The molecular formula is C51H33N5O. The topological polar surface area (TPSA) is 59.8 Å². The van der Waals surface area contributed by atoms with E-state index in [0.29, 0.717) is 5.84 Å². The fourth-order valence-electron chi connectivity index (χ4n) is 8.77. The Kier molecular flexibility index (Phi) is 6.89. The van der Waals surface area contributed by atoms with Crippen LogP contribution in [0.4, 0.5) is 0 Å². The van der Waals surface area contributed by atoms with E-state index in [1.54, 1.807) is 0 Å². The van der Waals surface area contributed by atoms with E-state index in [9.17, 15) is 0 Å². The molecule has 1 aliphatic heterocycles. The molecule has 1 aliphatic rings. The van der Waals surface area contributed by atoms with Gasteiger partial charge in [-0.3, -0.25) is 0 Å². The third-order valence-corrected chi connectivity index (χ3v) is 11.4. The number of fused-ring (bicyclic) bond motifs is 9. The van der Waals surface area contributed by atoms with Crippen molar-refractivity contribution < 1.29 is 4.42 Å². The van der Waals surface area contributed by atoms with Gasteiger partial charge in [-0.2, -0.15) is 0 Å². The number of aromatic nitrogens is 2. The summed E-state index contributed by atoms with van der Waals surface area (Å²) in [7, 11) is 0. The van der Waals surface area contributed by atoms with Gasteiger partial charge >= 0.3 is 0 Å². The monoisotopic (exact) mass is 731 g/mol. The second kappa shape index (κ2) is 12.4. The maximum Gasteiger partial charge on any atom is 0.159 e. The molecule has 6 nitrogen and oxygen atoms in total. The maximum atomic E-state index is 6.94. The van der Waals surface area contributed by atoms with Gasteiger partial charge < -0.3 is 18.9 Å². The van der Waals surface area contributed by atoms with Crippen LogP contribution in [0.25, 0.3) is 76.9 Å². The first kappa shape index (κ1) is 31.6. The Morgan fingerprint density at radius 3 is 1.81 bits per heavy atom. The highest BCUT2D eigenvalue weighted by Crippen LogP contribution is 2.42. The SMILES string of the molecule is c1ccc(C2=NC(c3ccccc3)NC(c3ccc4c(c3)oc3c(-n5c6ccccc6c6cc7c(cc65)c5ccccc5n7-c5ccccc5)cccc34)=N2)cc1. The number of aliphatic imine (C=N–C) groups is 2. The van der Waals surface area contributed by atoms with Crippen LogP contribution in [0.1, 0.15) is 22.9 Å². The molecule has 1 unspecified atom stereocenters. The summed E-state index contributed by atoms with van der Waals surface area (Å²) in [6.45, 7) is 0. The van der Waals surface area contributed by atoms with Crippen LogP contribution in [-0.4, -0.2) is 20.8 Å². The van der Waals surface area contributed by atoms with Crippen LogP contribution in [0.15, 0.2) is 202 Å². The lowest BCUT2D eigenvalue weighted by Crippen LogP contribution is -2.33. The number of nitrogens with one attached hydrogen (secondary N) is 1. The number of hydrogen-bond donors (Lipinski definition) is 1. The fraction of sp³-hybridized carbons (Fsp3) is 0.0196. The van der Waals surface area contributed by atoms with E-state index in [2.05, 4.69) is 166 Å². The summed E-state index contributed by atoms with van der Waals surface area (Å²) in [6.07, 6.45) is -0.282. The summed E-state index contributed by atoms with van der Waals surface area (Å²) in [4.78, 5) is 10.1. The van der Waals surface area contributed by atoms with Gasteiger partial charge in [0.25, 0.3) is 0 Å². The second-order valence-electron chi connectivity index (χ2n) is 14.6. The Bertz CT molecular complexity index is 3430. The quantitative estimate of drug-likeness (QED) is 0.192. The molecule has 0 radical (unpaired) electrons. The van der Waals surface area contributed by atoms with E-state index in [1.807, 2.05) is 36.4 Å². The van der Waals surface area contributed by atoms with Crippen molar-refractivity contribution in [3.63, 3.8) is 0 Å². The fourth-order valence-corrected chi connectivity index (χ4v) is 8.77. The standard InChI is InChI=1S/C51H33N5O/c1-4-15-32(16-5-1)49-52-50(33-17-6-2-7-18-33)54-51(53-49)34-27-28-38-39-23-14-26-44(48(39)57-47(38)29-34)56-43-25-13-11-22-37(43)41-30-45-40(31-46(41)56)36-21-10-12-24-42(36)55(45)35-19-8-3-9-20-35/h1-31,49H,(H,52,53,54). The Morgan fingerprint density at radius 1 is 0.456 bits per heavy atom. The number of amidine groups is 2. The van der Waals surface area contributed by atoms with E-state index in [-0.39, 0.29) is 6.17 Å². The van der Waals surface area contributed by atoms with Crippen molar-refractivity contribution in [1.29, 1.82) is 0 Å².